The van der Waals surface area contributed by atoms with E-state index in [2.05, 4.69) is 9.36 Å². The average Bonchev–Trinajstić information content (AvgIpc) is 3.14. The number of hydrogen-bond acceptors (Lipinski definition) is 8. The number of nitrogens with two attached hydrogens (primary N) is 1. The molecular formula is C20H16N4O3S2. The molecule has 1 aromatic carbocycles. The lowest BCUT2D eigenvalue weighted by molar-refractivity contribution is -0.114. The summed E-state index contributed by atoms with van der Waals surface area (Å²) in [6.45, 7) is 0. The van der Waals surface area contributed by atoms with Gasteiger partial charge in [0.1, 0.15) is 5.82 Å². The minimum absolute atomic E-state index is 0.197. The fourth-order valence-corrected chi connectivity index (χ4v) is 4.60. The second kappa shape index (κ2) is 8.06. The minimum atomic E-state index is -0.448. The number of ketones is 1. The van der Waals surface area contributed by atoms with Crippen LogP contribution in [0.1, 0.15) is 11.1 Å². The van der Waals surface area contributed by atoms with Gasteiger partial charge in [0.15, 0.2) is 10.9 Å². The van der Waals surface area contributed by atoms with Crippen LogP contribution in [0.4, 0.5) is 5.82 Å². The highest BCUT2D eigenvalue weighted by atomic mass is 32.2. The monoisotopic (exact) mass is 424 g/mol. The fraction of sp³-hybridized carbons (Fsp3) is 0.100. The van der Waals surface area contributed by atoms with Crippen LogP contribution in [0.25, 0.3) is 11.0 Å². The lowest BCUT2D eigenvalue weighted by atomic mass is 10.0. The van der Waals surface area contributed by atoms with Gasteiger partial charge in [-0.1, -0.05) is 48.2 Å². The Morgan fingerprint density at radius 2 is 2.03 bits per heavy atom. The Kier molecular flexibility index (Phi) is 5.32. The molecule has 2 N–H and O–H groups in total. The zero-order chi connectivity index (χ0) is 20.4. The smallest absolute Gasteiger partial charge is 0.283 e. The molecule has 3 aromatic rings. The van der Waals surface area contributed by atoms with Gasteiger partial charge in [0.25, 0.3) is 5.56 Å². The summed E-state index contributed by atoms with van der Waals surface area (Å²) in [5.41, 5.74) is 7.90. The number of hydrogen-bond donors (Lipinski definition) is 1. The highest BCUT2D eigenvalue weighted by molar-refractivity contribution is 7.98. The Balaban J connectivity index is 1.73. The van der Waals surface area contributed by atoms with E-state index in [-0.39, 0.29) is 22.9 Å². The molecule has 1 aliphatic rings. The first-order valence-corrected chi connectivity index (χ1v) is 10.4. The second-order valence-electron chi connectivity index (χ2n) is 6.13. The number of methoxy groups -OCH3 is 1. The summed E-state index contributed by atoms with van der Waals surface area (Å²) in [6, 6.07) is 10.0. The van der Waals surface area contributed by atoms with Crippen molar-refractivity contribution >= 4 is 45.9 Å². The number of aromatic nitrogens is 3. The fourth-order valence-electron chi connectivity index (χ4n) is 2.79. The van der Waals surface area contributed by atoms with Gasteiger partial charge in [-0.25, -0.2) is 4.40 Å². The molecule has 9 heteroatoms. The van der Waals surface area contributed by atoms with Crippen LogP contribution in [0, 0.1) is 0 Å². The number of carbonyl (C=O) groups excluding carboxylic acids is 1. The average molecular weight is 425 g/mol. The van der Waals surface area contributed by atoms with E-state index in [0.29, 0.717) is 21.4 Å². The van der Waals surface area contributed by atoms with Crippen molar-refractivity contribution in [3.8, 4) is 0 Å². The van der Waals surface area contributed by atoms with Gasteiger partial charge in [-0.2, -0.15) is 9.36 Å². The van der Waals surface area contributed by atoms with Crippen LogP contribution < -0.4 is 11.3 Å². The molecule has 0 amide bonds. The summed E-state index contributed by atoms with van der Waals surface area (Å²) in [4.78, 5) is 28.8. The van der Waals surface area contributed by atoms with Crippen molar-refractivity contribution in [3.63, 3.8) is 0 Å². The molecular weight excluding hydrogens is 408 g/mol. The van der Waals surface area contributed by atoms with Crippen LogP contribution in [0.3, 0.4) is 0 Å². The number of anilines is 1. The Morgan fingerprint density at radius 3 is 2.79 bits per heavy atom. The largest absolute Gasteiger partial charge is 0.493 e. The Bertz CT molecular complexity index is 1240. The highest BCUT2D eigenvalue weighted by Crippen LogP contribution is 2.28. The molecule has 1 aliphatic carbocycles. The summed E-state index contributed by atoms with van der Waals surface area (Å²) in [5, 5.41) is 0.668. The topological polar surface area (TPSA) is 99.6 Å². The van der Waals surface area contributed by atoms with Crippen molar-refractivity contribution < 1.29 is 9.53 Å². The van der Waals surface area contributed by atoms with Gasteiger partial charge >= 0.3 is 0 Å². The van der Waals surface area contributed by atoms with Gasteiger partial charge in [0.2, 0.25) is 10.7 Å². The van der Waals surface area contributed by atoms with Gasteiger partial charge in [0.05, 0.1) is 12.7 Å². The molecule has 0 saturated heterocycles. The van der Waals surface area contributed by atoms with Crippen LogP contribution in [0.5, 0.6) is 0 Å². The van der Waals surface area contributed by atoms with Crippen LogP contribution in [0.2, 0.25) is 0 Å². The van der Waals surface area contributed by atoms with Crippen molar-refractivity contribution in [2.24, 2.45) is 0 Å². The standard InChI is InChI=1S/C20H16N4O3S2/c1-27-16-10-13(7-8-15(16)25)9-14-17(21)24-19(22-18(14)26)29-23-20(24)28-11-12-5-3-2-4-6-12/h2-10H,11,21H2,1H3. The molecule has 0 unspecified atom stereocenters. The maximum absolute atomic E-state index is 12.5. The van der Waals surface area contributed by atoms with E-state index in [4.69, 9.17) is 10.5 Å². The molecule has 0 atom stereocenters. The van der Waals surface area contributed by atoms with Gasteiger partial charge < -0.3 is 10.5 Å². The summed E-state index contributed by atoms with van der Waals surface area (Å²) >= 11 is 2.64. The molecule has 0 fully saturated rings. The molecule has 146 valence electrons. The van der Waals surface area contributed by atoms with Crippen molar-refractivity contribution in [1.82, 2.24) is 13.8 Å². The second-order valence-corrected chi connectivity index (χ2v) is 7.80. The molecule has 0 spiro atoms. The first kappa shape index (κ1) is 19.2. The number of nitrogen functional groups attached to an aromatic ring is 1. The maximum Gasteiger partial charge on any atom is 0.283 e. The summed E-state index contributed by atoms with van der Waals surface area (Å²) in [5.74, 6) is 0.939. The summed E-state index contributed by atoms with van der Waals surface area (Å²) in [6.07, 6.45) is 6.16. The molecule has 0 saturated carbocycles. The molecule has 0 bridgehead atoms. The first-order valence-electron chi connectivity index (χ1n) is 8.61. The van der Waals surface area contributed by atoms with Crippen molar-refractivity contribution in [2.75, 3.05) is 12.8 Å². The Hall–Kier alpha value is -3.17. The van der Waals surface area contributed by atoms with Gasteiger partial charge in [-0.05, 0) is 29.4 Å². The number of fused-ring (bicyclic) bond motifs is 1. The predicted molar refractivity (Wildman–Crippen MR) is 115 cm³/mol. The third-order valence-corrected chi connectivity index (χ3v) is 6.07. The molecule has 2 aromatic heterocycles. The van der Waals surface area contributed by atoms with Gasteiger partial charge in [0, 0.05) is 17.3 Å². The van der Waals surface area contributed by atoms with Gasteiger partial charge in [-0.3, -0.25) is 9.59 Å². The highest BCUT2D eigenvalue weighted by Gasteiger charge is 2.17. The quantitative estimate of drug-likeness (QED) is 0.628. The van der Waals surface area contributed by atoms with E-state index in [0.717, 1.165) is 17.1 Å². The summed E-state index contributed by atoms with van der Waals surface area (Å²) < 4.78 is 11.2. The van der Waals surface area contributed by atoms with Crippen LogP contribution in [0.15, 0.2) is 69.8 Å². The van der Waals surface area contributed by atoms with Crippen LogP contribution >= 0.6 is 23.3 Å². The molecule has 2 heterocycles. The minimum Gasteiger partial charge on any atom is -0.493 e. The molecule has 0 aliphatic heterocycles. The maximum atomic E-state index is 12.5. The lowest BCUT2D eigenvalue weighted by Crippen LogP contribution is -2.16. The van der Waals surface area contributed by atoms with Crippen LogP contribution in [-0.4, -0.2) is 26.7 Å². The van der Waals surface area contributed by atoms with Crippen molar-refractivity contribution in [1.29, 1.82) is 0 Å². The molecule has 7 nitrogen and oxygen atoms in total. The zero-order valence-corrected chi connectivity index (χ0v) is 17.0. The Morgan fingerprint density at radius 1 is 1.24 bits per heavy atom. The zero-order valence-electron chi connectivity index (χ0n) is 15.4. The molecule has 0 radical (unpaired) electrons. The number of rotatable bonds is 5. The van der Waals surface area contributed by atoms with Crippen LogP contribution in [-0.2, 0) is 15.3 Å². The number of allylic oxidation sites excluding steroid dienone is 4. The van der Waals surface area contributed by atoms with E-state index < -0.39 is 5.56 Å². The van der Waals surface area contributed by atoms with E-state index in [1.54, 1.807) is 22.6 Å². The number of carbonyl (C=O) groups is 1. The molecule has 29 heavy (non-hydrogen) atoms. The summed E-state index contributed by atoms with van der Waals surface area (Å²) in [7, 11) is 1.42. The molecule has 4 rings (SSSR count). The number of nitrogens with zero attached hydrogens (tertiary/aromatic N) is 3. The normalized spacial score (nSPS) is 15.1. The number of thioether (sulfide) groups is 1. The number of ether oxygens (including phenoxy) is 1. The van der Waals surface area contributed by atoms with E-state index in [1.165, 1.54) is 24.9 Å². The van der Waals surface area contributed by atoms with E-state index >= 15 is 0 Å². The van der Waals surface area contributed by atoms with Crippen molar-refractivity contribution in [2.45, 2.75) is 10.9 Å². The van der Waals surface area contributed by atoms with Gasteiger partial charge in [-0.15, -0.1) is 0 Å². The van der Waals surface area contributed by atoms with E-state index in [9.17, 15) is 9.59 Å². The predicted octanol–water partition coefficient (Wildman–Crippen LogP) is 3.08. The SMILES string of the molecule is COC1=CC(=Cc2c(N)n3c(SCc4ccccc4)nsc3nc2=O)C=CC1=O. The first-order chi connectivity index (χ1) is 14.1. The Labute approximate surface area is 174 Å². The van der Waals surface area contributed by atoms with E-state index in [1.807, 2.05) is 30.3 Å². The number of benzene rings is 1. The third-order valence-electron chi connectivity index (χ3n) is 4.24. The lowest BCUT2D eigenvalue weighted by Gasteiger charge is -2.09. The third kappa shape index (κ3) is 3.87. The van der Waals surface area contributed by atoms with Crippen molar-refractivity contribution in [3.05, 3.63) is 81.4 Å².